The Hall–Kier alpha value is -3.16. The lowest BCUT2D eigenvalue weighted by molar-refractivity contribution is -0.120. The molecule has 2 aromatic rings. The van der Waals surface area contributed by atoms with E-state index in [2.05, 4.69) is 20.2 Å². The van der Waals surface area contributed by atoms with Crippen molar-refractivity contribution in [1.82, 2.24) is 9.97 Å². The molecule has 2 aliphatic rings. The number of hydrogen-bond acceptors (Lipinski definition) is 6. The molecule has 0 radical (unpaired) electrons. The SMILES string of the molecule is NC(=O)c1ncc(N2CCCCC2)nc1Nc1ccc(C2(C(N)=O)CC2)cc1. The van der Waals surface area contributed by atoms with Gasteiger partial charge in [-0.3, -0.25) is 9.59 Å². The van der Waals surface area contributed by atoms with Gasteiger partial charge < -0.3 is 21.7 Å². The number of hydrogen-bond donors (Lipinski definition) is 3. The summed E-state index contributed by atoms with van der Waals surface area (Å²) < 4.78 is 0. The number of carbonyl (C=O) groups excluding carboxylic acids is 2. The van der Waals surface area contributed by atoms with Gasteiger partial charge >= 0.3 is 0 Å². The van der Waals surface area contributed by atoms with Crippen LogP contribution in [0, 0.1) is 0 Å². The molecule has 8 heteroatoms. The first-order chi connectivity index (χ1) is 13.5. The summed E-state index contributed by atoms with van der Waals surface area (Å²) >= 11 is 0. The summed E-state index contributed by atoms with van der Waals surface area (Å²) in [6, 6.07) is 7.45. The molecular formula is C20H24N6O2. The number of carbonyl (C=O) groups is 2. The highest BCUT2D eigenvalue weighted by Crippen LogP contribution is 2.48. The van der Waals surface area contributed by atoms with Crippen molar-refractivity contribution in [2.75, 3.05) is 23.3 Å². The molecule has 4 rings (SSSR count). The quantitative estimate of drug-likeness (QED) is 0.701. The Labute approximate surface area is 163 Å². The Morgan fingerprint density at radius 3 is 2.29 bits per heavy atom. The largest absolute Gasteiger partial charge is 0.369 e. The molecule has 1 saturated heterocycles. The third-order valence-electron chi connectivity index (χ3n) is 5.60. The van der Waals surface area contributed by atoms with Gasteiger partial charge in [0.15, 0.2) is 11.5 Å². The zero-order valence-electron chi connectivity index (χ0n) is 15.6. The van der Waals surface area contributed by atoms with Gasteiger partial charge in [0.2, 0.25) is 5.91 Å². The van der Waals surface area contributed by atoms with Crippen LogP contribution in [0.3, 0.4) is 0 Å². The minimum Gasteiger partial charge on any atom is -0.369 e. The van der Waals surface area contributed by atoms with Crippen LogP contribution >= 0.6 is 0 Å². The van der Waals surface area contributed by atoms with E-state index in [-0.39, 0.29) is 11.6 Å². The lowest BCUT2D eigenvalue weighted by atomic mass is 9.95. The number of primary amides is 2. The molecule has 8 nitrogen and oxygen atoms in total. The molecule has 2 amide bonds. The first-order valence-corrected chi connectivity index (χ1v) is 9.59. The second-order valence-electron chi connectivity index (χ2n) is 7.49. The minimum absolute atomic E-state index is 0.0978. The van der Waals surface area contributed by atoms with E-state index in [1.807, 2.05) is 24.3 Å². The van der Waals surface area contributed by atoms with E-state index in [0.29, 0.717) is 5.82 Å². The van der Waals surface area contributed by atoms with Gasteiger partial charge in [0.25, 0.3) is 5.91 Å². The summed E-state index contributed by atoms with van der Waals surface area (Å²) in [5.74, 6) is 0.139. The summed E-state index contributed by atoms with van der Waals surface area (Å²) in [6.45, 7) is 1.85. The Morgan fingerprint density at radius 1 is 1.04 bits per heavy atom. The predicted octanol–water partition coefficient (Wildman–Crippen LogP) is 1.83. The molecule has 1 aromatic heterocycles. The molecule has 146 valence electrons. The highest BCUT2D eigenvalue weighted by molar-refractivity contribution is 5.96. The Morgan fingerprint density at radius 2 is 1.71 bits per heavy atom. The van der Waals surface area contributed by atoms with E-state index in [1.165, 1.54) is 6.42 Å². The van der Waals surface area contributed by atoms with Gasteiger partial charge in [0, 0.05) is 18.8 Å². The lowest BCUT2D eigenvalue weighted by Crippen LogP contribution is -2.31. The Bertz CT molecular complexity index is 901. The van der Waals surface area contributed by atoms with Gasteiger partial charge in [-0.25, -0.2) is 9.97 Å². The van der Waals surface area contributed by atoms with Crippen LogP contribution < -0.4 is 21.7 Å². The van der Waals surface area contributed by atoms with Crippen molar-refractivity contribution < 1.29 is 9.59 Å². The summed E-state index contributed by atoms with van der Waals surface area (Å²) in [5.41, 5.74) is 12.2. The minimum atomic E-state index is -0.637. The maximum atomic E-state index is 11.8. The molecule has 28 heavy (non-hydrogen) atoms. The van der Waals surface area contributed by atoms with Crippen molar-refractivity contribution in [3.8, 4) is 0 Å². The average Bonchev–Trinajstić information content (AvgIpc) is 3.51. The number of nitrogens with two attached hydrogens (primary N) is 2. The van der Waals surface area contributed by atoms with Crippen molar-refractivity contribution >= 4 is 29.1 Å². The number of benzene rings is 1. The molecule has 2 fully saturated rings. The number of nitrogens with one attached hydrogen (secondary N) is 1. The fourth-order valence-corrected chi connectivity index (χ4v) is 3.73. The standard InChI is InChI=1S/C20H24N6O2/c21-17(27)16-18(25-15(12-23-16)26-10-2-1-3-11-26)24-14-6-4-13(5-7-14)20(8-9-20)19(22)28/h4-7,12H,1-3,8-11H2,(H2,21,27)(H2,22,28)(H,24,25). The Kier molecular flexibility index (Phi) is 4.62. The van der Waals surface area contributed by atoms with Gasteiger partial charge in [-0.2, -0.15) is 0 Å². The average molecular weight is 380 g/mol. The summed E-state index contributed by atoms with van der Waals surface area (Å²) in [4.78, 5) is 34.5. The summed E-state index contributed by atoms with van der Waals surface area (Å²) in [7, 11) is 0. The number of aromatic nitrogens is 2. The lowest BCUT2D eigenvalue weighted by Gasteiger charge is -2.27. The molecule has 0 atom stereocenters. The topological polar surface area (TPSA) is 127 Å². The zero-order chi connectivity index (χ0) is 19.7. The molecule has 5 N–H and O–H groups in total. The van der Waals surface area contributed by atoms with E-state index < -0.39 is 11.3 Å². The normalized spacial score (nSPS) is 17.8. The molecule has 0 bridgehead atoms. The maximum Gasteiger partial charge on any atom is 0.271 e. The molecule has 1 aromatic carbocycles. The van der Waals surface area contributed by atoms with Crippen molar-refractivity contribution in [3.05, 3.63) is 41.7 Å². The van der Waals surface area contributed by atoms with Crippen LogP contribution in [-0.4, -0.2) is 34.9 Å². The van der Waals surface area contributed by atoms with Gasteiger partial charge in [0.05, 0.1) is 11.6 Å². The van der Waals surface area contributed by atoms with Crippen molar-refractivity contribution in [3.63, 3.8) is 0 Å². The zero-order valence-corrected chi connectivity index (χ0v) is 15.6. The second kappa shape index (κ2) is 7.10. The first-order valence-electron chi connectivity index (χ1n) is 9.59. The predicted molar refractivity (Wildman–Crippen MR) is 106 cm³/mol. The van der Waals surface area contributed by atoms with E-state index in [0.717, 1.165) is 55.8 Å². The fraction of sp³-hybridized carbons (Fsp3) is 0.400. The number of rotatable bonds is 6. The Balaban J connectivity index is 1.59. The third kappa shape index (κ3) is 3.37. The van der Waals surface area contributed by atoms with Crippen LogP contribution in [0.1, 0.15) is 48.2 Å². The van der Waals surface area contributed by atoms with Crippen molar-refractivity contribution in [2.24, 2.45) is 11.5 Å². The van der Waals surface area contributed by atoms with Crippen molar-refractivity contribution in [2.45, 2.75) is 37.5 Å². The molecule has 1 aliphatic heterocycles. The maximum absolute atomic E-state index is 11.8. The van der Waals surface area contributed by atoms with E-state index in [9.17, 15) is 9.59 Å². The van der Waals surface area contributed by atoms with Gasteiger partial charge in [-0.1, -0.05) is 12.1 Å². The summed E-state index contributed by atoms with van der Waals surface area (Å²) in [6.07, 6.45) is 6.61. The second-order valence-corrected chi connectivity index (χ2v) is 7.49. The molecular weight excluding hydrogens is 356 g/mol. The molecule has 1 aliphatic carbocycles. The van der Waals surface area contributed by atoms with Crippen molar-refractivity contribution in [1.29, 1.82) is 0 Å². The van der Waals surface area contributed by atoms with E-state index >= 15 is 0 Å². The monoisotopic (exact) mass is 380 g/mol. The van der Waals surface area contributed by atoms with Crippen LogP contribution in [0.15, 0.2) is 30.5 Å². The molecule has 0 spiro atoms. The smallest absolute Gasteiger partial charge is 0.271 e. The van der Waals surface area contributed by atoms with E-state index in [4.69, 9.17) is 11.5 Å². The summed E-state index contributed by atoms with van der Waals surface area (Å²) in [5, 5.41) is 3.14. The van der Waals surface area contributed by atoms with Crippen LogP contribution in [0.5, 0.6) is 0 Å². The van der Waals surface area contributed by atoms with Crippen LogP contribution in [0.25, 0.3) is 0 Å². The fourth-order valence-electron chi connectivity index (χ4n) is 3.73. The third-order valence-corrected chi connectivity index (χ3v) is 5.60. The van der Waals surface area contributed by atoms with Crippen LogP contribution in [0.2, 0.25) is 0 Å². The number of piperidine rings is 1. The van der Waals surface area contributed by atoms with Gasteiger partial charge in [-0.15, -0.1) is 0 Å². The molecule has 2 heterocycles. The van der Waals surface area contributed by atoms with Crippen LogP contribution in [0.4, 0.5) is 17.3 Å². The highest BCUT2D eigenvalue weighted by Gasteiger charge is 2.49. The highest BCUT2D eigenvalue weighted by atomic mass is 16.1. The van der Waals surface area contributed by atoms with Crippen LogP contribution in [-0.2, 0) is 10.2 Å². The van der Waals surface area contributed by atoms with E-state index in [1.54, 1.807) is 6.20 Å². The van der Waals surface area contributed by atoms with Gasteiger partial charge in [-0.05, 0) is 49.8 Å². The number of amides is 2. The number of anilines is 3. The first kappa shape index (κ1) is 18.2. The molecule has 1 saturated carbocycles. The molecule has 0 unspecified atom stereocenters. The number of nitrogens with zero attached hydrogens (tertiary/aromatic N) is 3. The van der Waals surface area contributed by atoms with Gasteiger partial charge in [0.1, 0.15) is 5.82 Å².